The second-order valence-electron chi connectivity index (χ2n) is 12.6. The molecule has 2 saturated heterocycles. The predicted molar refractivity (Wildman–Crippen MR) is 186 cm³/mol. The van der Waals surface area contributed by atoms with Crippen LogP contribution in [0.2, 0.25) is 0 Å². The minimum atomic E-state index is -2.75. The summed E-state index contributed by atoms with van der Waals surface area (Å²) in [5.41, 5.74) is 4.57. The molecule has 3 N–H and O–H groups in total. The van der Waals surface area contributed by atoms with Crippen LogP contribution in [-0.2, 0) is 4.57 Å². The second-order valence-corrected chi connectivity index (χ2v) is 15.7. The van der Waals surface area contributed by atoms with Gasteiger partial charge in [-0.25, -0.2) is 0 Å². The van der Waals surface area contributed by atoms with Crippen LogP contribution < -0.4 is 25.6 Å². The summed E-state index contributed by atoms with van der Waals surface area (Å²) in [4.78, 5) is 29.3. The molecule has 5 heterocycles. The number of nitrogens with zero attached hydrogens (tertiary/aromatic N) is 7. The fraction of sp³-hybridized carbons (Fsp3) is 0.394. The third kappa shape index (κ3) is 6.12. The molecular formula is C33H41N10O2P. The first-order valence-electron chi connectivity index (χ1n) is 15.8. The van der Waals surface area contributed by atoms with E-state index in [0.29, 0.717) is 45.5 Å². The van der Waals surface area contributed by atoms with Crippen LogP contribution in [0.15, 0.2) is 55.0 Å². The number of fused-ring (bicyclic) bond motifs is 2. The number of methoxy groups -OCH3 is 1. The van der Waals surface area contributed by atoms with Gasteiger partial charge in [0.15, 0.2) is 0 Å². The number of piperidine rings is 1. The number of ether oxygens (including phenoxy) is 1. The summed E-state index contributed by atoms with van der Waals surface area (Å²) >= 11 is 0. The zero-order valence-electron chi connectivity index (χ0n) is 26.8. The maximum absolute atomic E-state index is 13.5. The Morgan fingerprint density at radius 1 is 0.913 bits per heavy atom. The van der Waals surface area contributed by atoms with Crippen molar-refractivity contribution in [2.24, 2.45) is 0 Å². The van der Waals surface area contributed by atoms with Crippen molar-refractivity contribution in [1.29, 1.82) is 0 Å². The fourth-order valence-corrected chi connectivity index (χ4v) is 8.06. The van der Waals surface area contributed by atoms with E-state index < -0.39 is 7.14 Å². The van der Waals surface area contributed by atoms with Gasteiger partial charge in [0.25, 0.3) is 0 Å². The zero-order chi connectivity index (χ0) is 31.8. The van der Waals surface area contributed by atoms with Crippen LogP contribution in [0.4, 0.5) is 28.8 Å². The molecule has 46 heavy (non-hydrogen) atoms. The van der Waals surface area contributed by atoms with E-state index in [1.165, 1.54) is 25.9 Å². The largest absolute Gasteiger partial charge is 0.494 e. The monoisotopic (exact) mass is 640 g/mol. The number of anilines is 5. The van der Waals surface area contributed by atoms with Crippen molar-refractivity contribution in [3.8, 4) is 5.75 Å². The molecule has 0 spiro atoms. The second kappa shape index (κ2) is 12.5. The topological polar surface area (TPSA) is 127 Å². The molecule has 0 saturated carbocycles. The highest BCUT2D eigenvalue weighted by Gasteiger charge is 2.27. The minimum absolute atomic E-state index is 0.398. The third-order valence-corrected chi connectivity index (χ3v) is 10.7. The highest BCUT2D eigenvalue weighted by molar-refractivity contribution is 7.71. The lowest BCUT2D eigenvalue weighted by molar-refractivity contribution is 0.0982. The van der Waals surface area contributed by atoms with Gasteiger partial charge in [-0.2, -0.15) is 9.97 Å². The summed E-state index contributed by atoms with van der Waals surface area (Å²) in [6.45, 7) is 10.2. The van der Waals surface area contributed by atoms with E-state index in [2.05, 4.69) is 59.5 Å². The SMILES string of the molecule is COc1cc(N2CCC(N3CCN(C)CC3)CC2)ccc1Nc1nc(Nc2ccc3nccnc3c2P(C)(C)=O)c2cc[nH]c2n1. The standard InChI is InChI=1S/C33H41N10O2P/c1-41-17-19-43(20-18-41)22-10-15-42(16-11-22)23-5-6-25(28(21-23)45-2)38-33-39-31-24(9-12-36-31)32(40-33)37-27-8-7-26-29(35-14-13-34-26)30(27)46(3,4)44/h5-9,12-14,21-22H,10-11,15-20H2,1-4H3,(H3,36,37,38,39,40). The Hall–Kier alpha value is -4.25. The summed E-state index contributed by atoms with van der Waals surface area (Å²) in [5.74, 6) is 1.69. The summed E-state index contributed by atoms with van der Waals surface area (Å²) < 4.78 is 19.3. The average Bonchev–Trinajstić information content (AvgIpc) is 3.54. The summed E-state index contributed by atoms with van der Waals surface area (Å²) in [6, 6.07) is 12.6. The molecule has 0 aliphatic carbocycles. The number of likely N-dealkylation sites (N-methyl/N-ethyl adjacent to an activating group) is 1. The zero-order valence-corrected chi connectivity index (χ0v) is 27.7. The highest BCUT2D eigenvalue weighted by atomic mass is 31.2. The van der Waals surface area contributed by atoms with Gasteiger partial charge in [0, 0.05) is 75.7 Å². The van der Waals surface area contributed by atoms with Crippen LogP contribution >= 0.6 is 7.14 Å². The highest BCUT2D eigenvalue weighted by Crippen LogP contribution is 2.41. The van der Waals surface area contributed by atoms with Crippen molar-refractivity contribution < 1.29 is 9.30 Å². The van der Waals surface area contributed by atoms with Crippen LogP contribution in [0.1, 0.15) is 12.8 Å². The number of aromatic nitrogens is 5. The molecule has 2 aromatic carbocycles. The Bertz CT molecular complexity index is 1910. The van der Waals surface area contributed by atoms with Crippen molar-refractivity contribution >= 4 is 63.3 Å². The number of hydrogen-bond acceptors (Lipinski definition) is 11. The normalized spacial score (nSPS) is 17.1. The van der Waals surface area contributed by atoms with Crippen LogP contribution in [0, 0.1) is 0 Å². The number of H-pyrrole nitrogens is 1. The number of nitrogens with one attached hydrogen (secondary N) is 3. The Balaban J connectivity index is 1.12. The van der Waals surface area contributed by atoms with Crippen LogP contribution in [0.3, 0.4) is 0 Å². The van der Waals surface area contributed by atoms with Gasteiger partial charge in [0.2, 0.25) is 5.95 Å². The number of rotatable bonds is 8. The maximum atomic E-state index is 13.5. The molecule has 2 aliphatic rings. The van der Waals surface area contributed by atoms with Crippen LogP contribution in [0.25, 0.3) is 22.1 Å². The summed E-state index contributed by atoms with van der Waals surface area (Å²) in [7, 11) is 1.15. The van der Waals surface area contributed by atoms with Gasteiger partial charge in [-0.3, -0.25) is 14.9 Å². The molecule has 7 rings (SSSR count). The van der Waals surface area contributed by atoms with Gasteiger partial charge in [-0.05, 0) is 63.6 Å². The molecule has 0 radical (unpaired) electrons. The van der Waals surface area contributed by atoms with Gasteiger partial charge >= 0.3 is 0 Å². The Labute approximate surface area is 269 Å². The van der Waals surface area contributed by atoms with Crippen molar-refractivity contribution in [2.45, 2.75) is 18.9 Å². The predicted octanol–water partition coefficient (Wildman–Crippen LogP) is 4.86. The van der Waals surface area contributed by atoms with Crippen LogP contribution in [-0.4, -0.2) is 108 Å². The van der Waals surface area contributed by atoms with E-state index >= 15 is 0 Å². The molecule has 240 valence electrons. The van der Waals surface area contributed by atoms with E-state index in [1.54, 1.807) is 32.8 Å². The molecule has 5 aromatic rings. The van der Waals surface area contributed by atoms with E-state index in [0.717, 1.165) is 48.7 Å². The molecule has 0 atom stereocenters. The summed E-state index contributed by atoms with van der Waals surface area (Å²) in [5, 5.41) is 8.26. The summed E-state index contributed by atoms with van der Waals surface area (Å²) in [6.07, 6.45) is 7.43. The maximum Gasteiger partial charge on any atom is 0.231 e. The minimum Gasteiger partial charge on any atom is -0.494 e. The van der Waals surface area contributed by atoms with Crippen molar-refractivity contribution in [3.05, 3.63) is 55.0 Å². The third-order valence-electron chi connectivity index (χ3n) is 9.14. The van der Waals surface area contributed by atoms with Gasteiger partial charge in [0.1, 0.15) is 29.9 Å². The van der Waals surface area contributed by atoms with Crippen molar-refractivity contribution in [3.63, 3.8) is 0 Å². The van der Waals surface area contributed by atoms with Gasteiger partial charge in [0.05, 0.1) is 34.7 Å². The Morgan fingerprint density at radius 3 is 2.43 bits per heavy atom. The lowest BCUT2D eigenvalue weighted by atomic mass is 10.0. The van der Waals surface area contributed by atoms with E-state index in [-0.39, 0.29) is 0 Å². The first-order valence-corrected chi connectivity index (χ1v) is 18.4. The van der Waals surface area contributed by atoms with Crippen molar-refractivity contribution in [1.82, 2.24) is 34.7 Å². The molecule has 12 nitrogen and oxygen atoms in total. The quantitative estimate of drug-likeness (QED) is 0.201. The van der Waals surface area contributed by atoms with Crippen molar-refractivity contribution in [2.75, 3.05) is 82.3 Å². The lowest BCUT2D eigenvalue weighted by Crippen LogP contribution is -2.52. The van der Waals surface area contributed by atoms with E-state index in [4.69, 9.17) is 14.7 Å². The number of aromatic amines is 1. The van der Waals surface area contributed by atoms with Crippen LogP contribution in [0.5, 0.6) is 5.75 Å². The Kier molecular flexibility index (Phi) is 8.27. The number of benzene rings is 2. The van der Waals surface area contributed by atoms with E-state index in [9.17, 15) is 4.57 Å². The molecule has 0 amide bonds. The van der Waals surface area contributed by atoms with Gasteiger partial charge in [-0.1, -0.05) is 0 Å². The molecule has 3 aromatic heterocycles. The molecule has 13 heteroatoms. The number of hydrogen-bond donors (Lipinski definition) is 3. The molecule has 2 aliphatic heterocycles. The molecular weight excluding hydrogens is 599 g/mol. The first-order chi connectivity index (χ1) is 22.3. The molecule has 0 unspecified atom stereocenters. The smallest absolute Gasteiger partial charge is 0.231 e. The van der Waals surface area contributed by atoms with Gasteiger partial charge in [-0.15, -0.1) is 0 Å². The number of piperazine rings is 1. The average molecular weight is 641 g/mol. The Morgan fingerprint density at radius 2 is 1.67 bits per heavy atom. The lowest BCUT2D eigenvalue weighted by Gasteiger charge is -2.42. The van der Waals surface area contributed by atoms with E-state index in [1.807, 2.05) is 30.5 Å². The first kappa shape index (κ1) is 30.4. The fourth-order valence-electron chi connectivity index (χ4n) is 6.66. The molecule has 0 bridgehead atoms. The van der Waals surface area contributed by atoms with Gasteiger partial charge < -0.3 is 34.7 Å². The molecule has 2 fully saturated rings.